The summed E-state index contributed by atoms with van der Waals surface area (Å²) in [6, 6.07) is 8.61. The summed E-state index contributed by atoms with van der Waals surface area (Å²) in [6.07, 6.45) is -4.72. The number of carbonyl (C=O) groups is 1. The second-order valence-corrected chi connectivity index (χ2v) is 9.15. The summed E-state index contributed by atoms with van der Waals surface area (Å²) in [7, 11) is -4.01. The van der Waals surface area contributed by atoms with Crippen LogP contribution in [0.4, 0.5) is 18.9 Å². The van der Waals surface area contributed by atoms with E-state index in [1.165, 1.54) is 12.1 Å². The number of sulfonamides is 1. The first-order valence-electron chi connectivity index (χ1n) is 9.35. The highest BCUT2D eigenvalue weighted by Crippen LogP contribution is 2.37. The van der Waals surface area contributed by atoms with Crippen molar-refractivity contribution < 1.29 is 26.4 Å². The van der Waals surface area contributed by atoms with Crippen LogP contribution in [0.1, 0.15) is 47.9 Å². The Morgan fingerprint density at radius 3 is 2.40 bits per heavy atom. The summed E-state index contributed by atoms with van der Waals surface area (Å²) in [4.78, 5) is 11.9. The molecule has 3 N–H and O–H groups in total. The van der Waals surface area contributed by atoms with Gasteiger partial charge in [0.05, 0.1) is 11.3 Å². The number of hydrogen-bond donors (Lipinski definition) is 3. The van der Waals surface area contributed by atoms with Gasteiger partial charge in [-0.25, -0.2) is 8.42 Å². The first-order chi connectivity index (χ1) is 14.0. The van der Waals surface area contributed by atoms with Crippen LogP contribution in [0.2, 0.25) is 0 Å². The molecule has 1 heterocycles. The number of benzene rings is 2. The number of hydrogen-bond acceptors (Lipinski definition) is 4. The fourth-order valence-electron chi connectivity index (χ4n) is 3.01. The second kappa shape index (κ2) is 8.27. The Bertz CT molecular complexity index is 1040. The quantitative estimate of drug-likeness (QED) is 0.657. The van der Waals surface area contributed by atoms with E-state index in [1.807, 2.05) is 0 Å². The van der Waals surface area contributed by atoms with E-state index in [1.54, 1.807) is 12.1 Å². The predicted molar refractivity (Wildman–Crippen MR) is 106 cm³/mol. The van der Waals surface area contributed by atoms with Gasteiger partial charge in [0.15, 0.2) is 0 Å². The van der Waals surface area contributed by atoms with Crippen LogP contribution >= 0.6 is 0 Å². The van der Waals surface area contributed by atoms with Crippen molar-refractivity contribution in [2.75, 3.05) is 11.9 Å². The van der Waals surface area contributed by atoms with E-state index >= 15 is 0 Å². The van der Waals surface area contributed by atoms with Gasteiger partial charge >= 0.3 is 6.18 Å². The molecule has 0 unspecified atom stereocenters. The number of nitrogens with one attached hydrogen (secondary N) is 3. The summed E-state index contributed by atoms with van der Waals surface area (Å²) < 4.78 is 66.3. The van der Waals surface area contributed by atoms with Gasteiger partial charge in [0.1, 0.15) is 11.1 Å². The monoisotopic (exact) mass is 441 g/mol. The van der Waals surface area contributed by atoms with E-state index in [-0.39, 0.29) is 16.5 Å². The van der Waals surface area contributed by atoms with E-state index in [2.05, 4.69) is 29.2 Å². The Morgan fingerprint density at radius 2 is 1.80 bits per heavy atom. The van der Waals surface area contributed by atoms with E-state index < -0.39 is 27.9 Å². The molecule has 0 fully saturated rings. The highest BCUT2D eigenvalue weighted by molar-refractivity contribution is 7.89. The lowest BCUT2D eigenvalue weighted by molar-refractivity contribution is -0.137. The summed E-state index contributed by atoms with van der Waals surface area (Å²) in [5.74, 6) is 0.207. The molecule has 3 rings (SSSR count). The lowest BCUT2D eigenvalue weighted by atomic mass is 10.1. The molecule has 0 saturated heterocycles. The molecule has 1 aliphatic heterocycles. The van der Waals surface area contributed by atoms with Crippen LogP contribution in [-0.4, -0.2) is 20.9 Å². The average Bonchev–Trinajstić information content (AvgIpc) is 2.66. The molecule has 0 bridgehead atoms. The molecule has 10 heteroatoms. The van der Waals surface area contributed by atoms with Gasteiger partial charge in [-0.1, -0.05) is 26.0 Å². The van der Waals surface area contributed by atoms with Crippen molar-refractivity contribution >= 4 is 21.6 Å². The minimum Gasteiger partial charge on any atom is -0.364 e. The van der Waals surface area contributed by atoms with Gasteiger partial charge in [-0.2, -0.15) is 17.9 Å². The number of halogens is 3. The summed E-state index contributed by atoms with van der Waals surface area (Å²) >= 11 is 0. The van der Waals surface area contributed by atoms with Gasteiger partial charge in [-0.15, -0.1) is 0 Å². The molecular formula is C20H22F3N3O3S. The first-order valence-corrected chi connectivity index (χ1v) is 10.8. The molecule has 0 radical (unpaired) electrons. The zero-order valence-corrected chi connectivity index (χ0v) is 17.2. The standard InChI is InChI=1S/C20H22F3N3O3S/c1-12(2)9-10-24-19(27)14-5-3-13(4-6-14)18-25-16-11-15(20(21,22)23)7-8-17(16)30(28,29)26-18/h3-8,11-12,18,25-26H,9-10H2,1-2H3,(H,24,27)/t18-/m0/s1. The highest BCUT2D eigenvalue weighted by atomic mass is 32.2. The van der Waals surface area contributed by atoms with Gasteiger partial charge in [0.2, 0.25) is 10.0 Å². The van der Waals surface area contributed by atoms with Crippen molar-refractivity contribution in [3.8, 4) is 0 Å². The van der Waals surface area contributed by atoms with Crippen molar-refractivity contribution in [1.82, 2.24) is 10.0 Å². The van der Waals surface area contributed by atoms with Gasteiger partial charge in [0, 0.05) is 12.1 Å². The van der Waals surface area contributed by atoms with E-state index in [9.17, 15) is 26.4 Å². The van der Waals surface area contributed by atoms with Crippen LogP contribution in [0, 0.1) is 5.92 Å². The Morgan fingerprint density at radius 1 is 1.13 bits per heavy atom. The van der Waals surface area contributed by atoms with Gasteiger partial charge in [0.25, 0.3) is 5.91 Å². The van der Waals surface area contributed by atoms with Crippen molar-refractivity contribution in [1.29, 1.82) is 0 Å². The van der Waals surface area contributed by atoms with Crippen LogP contribution in [0.5, 0.6) is 0 Å². The minimum atomic E-state index is -4.59. The average molecular weight is 441 g/mol. The normalized spacial score (nSPS) is 17.9. The van der Waals surface area contributed by atoms with Crippen LogP contribution in [0.25, 0.3) is 0 Å². The van der Waals surface area contributed by atoms with Crippen molar-refractivity contribution in [2.45, 2.75) is 37.5 Å². The fourth-order valence-corrected chi connectivity index (χ4v) is 4.30. The Kier molecular flexibility index (Phi) is 6.09. The lowest BCUT2D eigenvalue weighted by Crippen LogP contribution is -2.38. The van der Waals surface area contributed by atoms with Gasteiger partial charge < -0.3 is 10.6 Å². The maximum atomic E-state index is 13.0. The molecule has 1 amide bonds. The molecule has 162 valence electrons. The predicted octanol–water partition coefficient (Wildman–Crippen LogP) is 3.88. The molecule has 1 aliphatic rings. The summed E-state index contributed by atoms with van der Waals surface area (Å²) in [5, 5.41) is 5.59. The Labute approximate surface area is 172 Å². The number of carbonyl (C=O) groups excluding carboxylic acids is 1. The van der Waals surface area contributed by atoms with Gasteiger partial charge in [-0.05, 0) is 48.2 Å². The van der Waals surface area contributed by atoms with Gasteiger partial charge in [-0.3, -0.25) is 4.79 Å². The summed E-state index contributed by atoms with van der Waals surface area (Å²) in [5.41, 5.74) is -0.219. The fraction of sp³-hybridized carbons (Fsp3) is 0.350. The van der Waals surface area contributed by atoms with Crippen LogP contribution in [0.3, 0.4) is 0 Å². The zero-order chi connectivity index (χ0) is 22.1. The third-order valence-corrected chi connectivity index (χ3v) is 6.16. The lowest BCUT2D eigenvalue weighted by Gasteiger charge is -2.29. The third kappa shape index (κ3) is 4.93. The highest BCUT2D eigenvalue weighted by Gasteiger charge is 2.35. The molecule has 6 nitrogen and oxygen atoms in total. The maximum Gasteiger partial charge on any atom is 0.416 e. The molecule has 0 spiro atoms. The van der Waals surface area contributed by atoms with Crippen molar-refractivity contribution in [2.24, 2.45) is 5.92 Å². The Hall–Kier alpha value is -2.59. The third-order valence-electron chi connectivity index (χ3n) is 4.68. The molecule has 2 aromatic rings. The van der Waals surface area contributed by atoms with Crippen LogP contribution in [-0.2, 0) is 16.2 Å². The molecule has 2 aromatic carbocycles. The van der Waals surface area contributed by atoms with E-state index in [0.29, 0.717) is 23.6 Å². The number of anilines is 1. The maximum absolute atomic E-state index is 13.0. The van der Waals surface area contributed by atoms with E-state index in [4.69, 9.17) is 0 Å². The molecule has 0 aliphatic carbocycles. The molecule has 30 heavy (non-hydrogen) atoms. The number of fused-ring (bicyclic) bond motifs is 1. The number of amides is 1. The molecule has 0 saturated carbocycles. The SMILES string of the molecule is CC(C)CCNC(=O)c1ccc([C@H]2Nc3cc(C(F)(F)F)ccc3S(=O)(=O)N2)cc1. The van der Waals surface area contributed by atoms with Crippen LogP contribution < -0.4 is 15.4 Å². The van der Waals surface area contributed by atoms with Crippen molar-refractivity contribution in [3.05, 3.63) is 59.2 Å². The molecular weight excluding hydrogens is 419 g/mol. The topological polar surface area (TPSA) is 87.3 Å². The molecule has 0 aromatic heterocycles. The minimum absolute atomic E-state index is 0.135. The largest absolute Gasteiger partial charge is 0.416 e. The van der Waals surface area contributed by atoms with Crippen LogP contribution in [0.15, 0.2) is 47.4 Å². The number of alkyl halides is 3. The second-order valence-electron chi connectivity index (χ2n) is 7.47. The van der Waals surface area contributed by atoms with Crippen molar-refractivity contribution in [3.63, 3.8) is 0 Å². The molecule has 1 atom stereocenters. The zero-order valence-electron chi connectivity index (χ0n) is 16.4. The Balaban J connectivity index is 1.80. The number of rotatable bonds is 5. The smallest absolute Gasteiger partial charge is 0.364 e. The first kappa shape index (κ1) is 22.1. The van der Waals surface area contributed by atoms with E-state index in [0.717, 1.165) is 24.6 Å². The summed E-state index contributed by atoms with van der Waals surface area (Å²) in [6.45, 7) is 4.64.